The summed E-state index contributed by atoms with van der Waals surface area (Å²) in [6.45, 7) is 3.35. The average Bonchev–Trinajstić information content (AvgIpc) is 2.58. The van der Waals surface area contributed by atoms with Crippen LogP contribution < -0.4 is 0 Å². The van der Waals surface area contributed by atoms with Crippen molar-refractivity contribution in [3.05, 3.63) is 0 Å². The summed E-state index contributed by atoms with van der Waals surface area (Å²) in [5, 5.41) is 0. The smallest absolute Gasteiger partial charge is 0.375 e. The van der Waals surface area contributed by atoms with Gasteiger partial charge in [0.1, 0.15) is 0 Å². The molecule has 2 atom stereocenters. The van der Waals surface area contributed by atoms with Gasteiger partial charge >= 0.3 is 5.97 Å². The number of esters is 1. The van der Waals surface area contributed by atoms with Gasteiger partial charge in [0.25, 0.3) is 5.78 Å². The minimum absolute atomic E-state index is 0.0348. The Hall–Kier alpha value is -1.85. The van der Waals surface area contributed by atoms with Crippen LogP contribution in [0.4, 0.5) is 0 Å². The third-order valence-electron chi connectivity index (χ3n) is 3.03. The fraction of sp³-hybridized carbons (Fsp3) is 0.615. The van der Waals surface area contributed by atoms with E-state index in [1.807, 2.05) is 6.92 Å². The average molecular weight is 268 g/mol. The third kappa shape index (κ3) is 2.94. The lowest BCUT2D eigenvalue weighted by Gasteiger charge is -2.06. The van der Waals surface area contributed by atoms with Crippen molar-refractivity contribution >= 4 is 29.1 Å². The van der Waals surface area contributed by atoms with Gasteiger partial charge in [-0.2, -0.15) is 0 Å². The maximum atomic E-state index is 11.9. The fourth-order valence-electron chi connectivity index (χ4n) is 2.02. The van der Waals surface area contributed by atoms with E-state index in [9.17, 15) is 24.0 Å². The Morgan fingerprint density at radius 1 is 1.11 bits per heavy atom. The molecule has 0 heterocycles. The largest absolute Gasteiger partial charge is 0.460 e. The Labute approximate surface area is 110 Å². The van der Waals surface area contributed by atoms with E-state index in [0.29, 0.717) is 6.42 Å². The number of hydrogen-bond donors (Lipinski definition) is 0. The zero-order chi connectivity index (χ0) is 14.6. The van der Waals surface area contributed by atoms with Crippen molar-refractivity contribution in [3.63, 3.8) is 0 Å². The molecule has 0 aromatic rings. The molecule has 6 heteroatoms. The summed E-state index contributed by atoms with van der Waals surface area (Å²) < 4.78 is 4.46. The number of unbranched alkanes of at least 4 members (excludes halogenated alkanes) is 1. The molecule has 1 fully saturated rings. The molecule has 2 unspecified atom stereocenters. The quantitative estimate of drug-likeness (QED) is 0.389. The third-order valence-corrected chi connectivity index (χ3v) is 3.03. The van der Waals surface area contributed by atoms with E-state index in [1.54, 1.807) is 0 Å². The Morgan fingerprint density at radius 2 is 1.74 bits per heavy atom. The molecule has 1 rings (SSSR count). The number of ketones is 4. The van der Waals surface area contributed by atoms with Gasteiger partial charge in [-0.15, -0.1) is 0 Å². The van der Waals surface area contributed by atoms with Gasteiger partial charge in [-0.05, 0) is 13.3 Å². The van der Waals surface area contributed by atoms with Gasteiger partial charge in [0.2, 0.25) is 11.6 Å². The van der Waals surface area contributed by atoms with Gasteiger partial charge in [0, 0.05) is 0 Å². The molecule has 1 aliphatic rings. The van der Waals surface area contributed by atoms with E-state index in [2.05, 4.69) is 4.74 Å². The molecule has 0 aliphatic heterocycles. The maximum Gasteiger partial charge on any atom is 0.375 e. The first-order chi connectivity index (χ1) is 8.95. The van der Waals surface area contributed by atoms with Crippen LogP contribution in [0.1, 0.15) is 33.1 Å². The van der Waals surface area contributed by atoms with Crippen LogP contribution in [0.15, 0.2) is 0 Å². The highest BCUT2D eigenvalue weighted by atomic mass is 16.5. The maximum absolute atomic E-state index is 11.9. The van der Waals surface area contributed by atoms with Crippen LogP contribution in [0.25, 0.3) is 0 Å². The van der Waals surface area contributed by atoms with Gasteiger partial charge in [-0.25, -0.2) is 4.79 Å². The monoisotopic (exact) mass is 268 g/mol. The molecule has 19 heavy (non-hydrogen) atoms. The number of carbonyl (C=O) groups is 5. The van der Waals surface area contributed by atoms with Crippen LogP contribution in [0, 0.1) is 11.8 Å². The minimum Gasteiger partial charge on any atom is -0.460 e. The summed E-state index contributed by atoms with van der Waals surface area (Å²) in [6, 6.07) is 0. The van der Waals surface area contributed by atoms with Gasteiger partial charge in [0.15, 0.2) is 11.7 Å². The first kappa shape index (κ1) is 15.2. The van der Waals surface area contributed by atoms with Gasteiger partial charge in [-0.3, -0.25) is 19.2 Å². The normalized spacial score (nSPS) is 22.7. The summed E-state index contributed by atoms with van der Waals surface area (Å²) in [5.41, 5.74) is 0. The lowest BCUT2D eigenvalue weighted by atomic mass is 9.95. The van der Waals surface area contributed by atoms with Crippen molar-refractivity contribution in [1.82, 2.24) is 0 Å². The summed E-state index contributed by atoms with van der Waals surface area (Å²) in [6.07, 6.45) is 1.62. The lowest BCUT2D eigenvalue weighted by Crippen LogP contribution is -2.33. The predicted octanol–water partition coefficient (Wildman–Crippen LogP) is 0.262. The lowest BCUT2D eigenvalue weighted by molar-refractivity contribution is -0.157. The van der Waals surface area contributed by atoms with Crippen molar-refractivity contribution in [1.29, 1.82) is 0 Å². The van der Waals surface area contributed by atoms with Crippen molar-refractivity contribution in [2.45, 2.75) is 33.1 Å². The minimum atomic E-state index is -1.78. The highest BCUT2D eigenvalue weighted by molar-refractivity contribution is 6.60. The molecular weight excluding hydrogens is 252 g/mol. The van der Waals surface area contributed by atoms with Crippen LogP contribution in [-0.2, 0) is 28.7 Å². The predicted molar refractivity (Wildman–Crippen MR) is 63.2 cm³/mol. The Balaban J connectivity index is 2.88. The van der Waals surface area contributed by atoms with E-state index in [-0.39, 0.29) is 13.0 Å². The first-order valence-corrected chi connectivity index (χ1v) is 6.28. The van der Waals surface area contributed by atoms with Gasteiger partial charge < -0.3 is 4.74 Å². The molecule has 0 spiro atoms. The topological polar surface area (TPSA) is 94.6 Å². The van der Waals surface area contributed by atoms with E-state index in [0.717, 1.165) is 6.42 Å². The molecule has 0 aromatic carbocycles. The number of rotatable bonds is 6. The molecule has 0 aromatic heterocycles. The zero-order valence-electron chi connectivity index (χ0n) is 10.9. The molecule has 104 valence electrons. The standard InChI is InChI=1S/C13H16O6/c1-3-5-6-7-9(14)8(11(16)10(7)15)12(17)13(18)19-4-2/h7-8H,3-6H2,1-2H3. The van der Waals surface area contributed by atoms with Crippen LogP contribution in [0.2, 0.25) is 0 Å². The zero-order valence-corrected chi connectivity index (χ0v) is 10.9. The van der Waals surface area contributed by atoms with Crippen LogP contribution in [0.5, 0.6) is 0 Å². The van der Waals surface area contributed by atoms with Crippen molar-refractivity contribution in [2.75, 3.05) is 6.61 Å². The Morgan fingerprint density at radius 3 is 2.26 bits per heavy atom. The SMILES string of the molecule is CCCCC1C(=O)C(=O)C(C(=O)C(=O)OCC)C1=O. The van der Waals surface area contributed by atoms with Crippen LogP contribution in [-0.4, -0.2) is 35.7 Å². The molecule has 0 bridgehead atoms. The number of ether oxygens (including phenoxy) is 1. The number of carbonyl (C=O) groups excluding carboxylic acids is 5. The van der Waals surface area contributed by atoms with Gasteiger partial charge in [0.05, 0.1) is 12.5 Å². The second-order valence-electron chi connectivity index (χ2n) is 4.34. The van der Waals surface area contributed by atoms with E-state index in [4.69, 9.17) is 0 Å². The summed E-state index contributed by atoms with van der Waals surface area (Å²) in [7, 11) is 0. The second kappa shape index (κ2) is 6.36. The molecule has 6 nitrogen and oxygen atoms in total. The second-order valence-corrected chi connectivity index (χ2v) is 4.34. The molecule has 0 radical (unpaired) electrons. The molecule has 0 N–H and O–H groups in total. The number of hydrogen-bond acceptors (Lipinski definition) is 6. The van der Waals surface area contributed by atoms with E-state index in [1.165, 1.54) is 6.92 Å². The highest BCUT2D eigenvalue weighted by Gasteiger charge is 2.53. The number of Topliss-reactive ketones (excluding diaryl/α,β-unsaturated/α-hetero) is 4. The fourth-order valence-corrected chi connectivity index (χ4v) is 2.02. The Bertz CT molecular complexity index is 436. The van der Waals surface area contributed by atoms with E-state index < -0.39 is 40.9 Å². The first-order valence-electron chi connectivity index (χ1n) is 6.28. The molecule has 0 saturated heterocycles. The summed E-state index contributed by atoms with van der Waals surface area (Å²) in [5.74, 6) is -8.03. The Kier molecular flexibility index (Phi) is 5.09. The van der Waals surface area contributed by atoms with Crippen LogP contribution >= 0.6 is 0 Å². The molecule has 1 saturated carbocycles. The van der Waals surface area contributed by atoms with Crippen molar-refractivity contribution in [3.8, 4) is 0 Å². The van der Waals surface area contributed by atoms with Gasteiger partial charge in [-0.1, -0.05) is 19.8 Å². The molecule has 0 amide bonds. The molecule has 1 aliphatic carbocycles. The van der Waals surface area contributed by atoms with Crippen molar-refractivity contribution < 1.29 is 28.7 Å². The highest BCUT2D eigenvalue weighted by Crippen LogP contribution is 2.26. The van der Waals surface area contributed by atoms with E-state index >= 15 is 0 Å². The molecular formula is C13H16O6. The summed E-state index contributed by atoms with van der Waals surface area (Å²) >= 11 is 0. The van der Waals surface area contributed by atoms with Crippen molar-refractivity contribution in [2.24, 2.45) is 11.8 Å². The summed E-state index contributed by atoms with van der Waals surface area (Å²) in [4.78, 5) is 58.1. The van der Waals surface area contributed by atoms with Crippen LogP contribution in [0.3, 0.4) is 0 Å².